The number of urea groups is 1. The summed E-state index contributed by atoms with van der Waals surface area (Å²) in [6.07, 6.45) is 0. The summed E-state index contributed by atoms with van der Waals surface area (Å²) in [5, 5.41) is 6.56. The number of halogens is 1. The maximum absolute atomic E-state index is 12.5. The molecule has 6 heteroatoms. The molecule has 2 N–H and O–H groups in total. The number of carbonyl (C=O) groups is 1. The molecule has 4 rings (SSSR count). The Morgan fingerprint density at radius 2 is 1.77 bits per heavy atom. The fourth-order valence-electron chi connectivity index (χ4n) is 3.27. The normalized spacial score (nSPS) is 10.7. The molecule has 1 aromatic heterocycles. The Bertz CT molecular complexity index is 1240. The van der Waals surface area contributed by atoms with Crippen molar-refractivity contribution in [1.29, 1.82) is 0 Å². The van der Waals surface area contributed by atoms with Gasteiger partial charge in [0.15, 0.2) is 0 Å². The second kappa shape index (κ2) is 9.18. The summed E-state index contributed by atoms with van der Waals surface area (Å²) in [4.78, 5) is 17.3. The molecule has 0 fully saturated rings. The Morgan fingerprint density at radius 3 is 2.52 bits per heavy atom. The fraction of sp³-hybridized carbons (Fsp3) is 0.120. The van der Waals surface area contributed by atoms with Gasteiger partial charge in [-0.2, -0.15) is 0 Å². The van der Waals surface area contributed by atoms with Gasteiger partial charge in [-0.05, 0) is 60.1 Å². The average molecular weight is 476 g/mol. The van der Waals surface area contributed by atoms with Crippen LogP contribution >= 0.6 is 15.9 Å². The second-order valence-corrected chi connectivity index (χ2v) is 7.95. The van der Waals surface area contributed by atoms with Crippen LogP contribution in [-0.2, 0) is 0 Å². The number of aromatic nitrogens is 1. The third-order valence-corrected chi connectivity index (χ3v) is 5.49. The number of rotatable bonds is 5. The first-order valence-electron chi connectivity index (χ1n) is 10.0. The highest BCUT2D eigenvalue weighted by Crippen LogP contribution is 2.32. The van der Waals surface area contributed by atoms with E-state index in [0.717, 1.165) is 32.4 Å². The lowest BCUT2D eigenvalue weighted by atomic mass is 10.1. The molecule has 0 unspecified atom stereocenters. The Labute approximate surface area is 189 Å². The highest BCUT2D eigenvalue weighted by Gasteiger charge is 2.11. The lowest BCUT2D eigenvalue weighted by Gasteiger charge is -2.13. The first kappa shape index (κ1) is 20.9. The van der Waals surface area contributed by atoms with Crippen LogP contribution in [0, 0.1) is 6.92 Å². The van der Waals surface area contributed by atoms with Gasteiger partial charge >= 0.3 is 6.03 Å². The molecule has 0 saturated heterocycles. The van der Waals surface area contributed by atoms with Crippen molar-refractivity contribution in [2.24, 2.45) is 0 Å². The van der Waals surface area contributed by atoms with Crippen molar-refractivity contribution in [3.63, 3.8) is 0 Å². The van der Waals surface area contributed by atoms with E-state index < -0.39 is 0 Å². The number of ether oxygens (including phenoxy) is 1. The molecule has 0 atom stereocenters. The van der Waals surface area contributed by atoms with E-state index in [1.165, 1.54) is 5.56 Å². The van der Waals surface area contributed by atoms with Crippen molar-refractivity contribution >= 4 is 44.2 Å². The third-order valence-electron chi connectivity index (χ3n) is 4.80. The number of para-hydroxylation sites is 1. The summed E-state index contributed by atoms with van der Waals surface area (Å²) >= 11 is 3.43. The summed E-state index contributed by atoms with van der Waals surface area (Å²) in [5.41, 5.74) is 5.24. The number of nitrogens with zero attached hydrogens (tertiary/aromatic N) is 1. The van der Waals surface area contributed by atoms with E-state index in [4.69, 9.17) is 9.72 Å². The Hall–Kier alpha value is -3.38. The molecule has 2 amide bonds. The number of carbonyl (C=O) groups excluding carboxylic acids is 1. The number of aryl methyl sites for hydroxylation is 1. The predicted molar refractivity (Wildman–Crippen MR) is 130 cm³/mol. The maximum Gasteiger partial charge on any atom is 0.323 e. The summed E-state index contributed by atoms with van der Waals surface area (Å²) in [5.74, 6) is 0.734. The summed E-state index contributed by atoms with van der Waals surface area (Å²) < 4.78 is 6.72. The minimum absolute atomic E-state index is 0.326. The highest BCUT2D eigenvalue weighted by molar-refractivity contribution is 9.10. The number of fused-ring (bicyclic) bond motifs is 1. The zero-order valence-electron chi connectivity index (χ0n) is 17.3. The first-order chi connectivity index (χ1) is 15.0. The van der Waals surface area contributed by atoms with E-state index in [-0.39, 0.29) is 6.03 Å². The van der Waals surface area contributed by atoms with E-state index in [0.29, 0.717) is 18.0 Å². The molecule has 5 nitrogen and oxygen atoms in total. The van der Waals surface area contributed by atoms with Gasteiger partial charge in [0, 0.05) is 27.2 Å². The Morgan fingerprint density at radius 1 is 1.00 bits per heavy atom. The van der Waals surface area contributed by atoms with Crippen LogP contribution in [0.5, 0.6) is 5.75 Å². The zero-order chi connectivity index (χ0) is 21.8. The third kappa shape index (κ3) is 4.86. The number of hydrogen-bond donors (Lipinski definition) is 2. The van der Waals surface area contributed by atoms with Gasteiger partial charge in [-0.3, -0.25) is 0 Å². The Kier molecular flexibility index (Phi) is 6.18. The monoisotopic (exact) mass is 475 g/mol. The van der Waals surface area contributed by atoms with Crippen LogP contribution in [-0.4, -0.2) is 17.6 Å². The van der Waals surface area contributed by atoms with Gasteiger partial charge in [0.05, 0.1) is 23.5 Å². The molecule has 0 spiro atoms. The second-order valence-electron chi connectivity index (χ2n) is 7.10. The van der Waals surface area contributed by atoms with Crippen LogP contribution in [0.2, 0.25) is 0 Å². The minimum atomic E-state index is -0.326. The molecular weight excluding hydrogens is 454 g/mol. The molecular formula is C25H22BrN3O2. The number of nitrogens with one attached hydrogen (secondary N) is 2. The molecule has 1 heterocycles. The van der Waals surface area contributed by atoms with Gasteiger partial charge in [-0.25, -0.2) is 9.78 Å². The number of benzene rings is 3. The van der Waals surface area contributed by atoms with Gasteiger partial charge in [0.25, 0.3) is 0 Å². The van der Waals surface area contributed by atoms with Crippen molar-refractivity contribution in [2.45, 2.75) is 13.8 Å². The smallest absolute Gasteiger partial charge is 0.323 e. The van der Waals surface area contributed by atoms with Gasteiger partial charge < -0.3 is 15.4 Å². The Balaban J connectivity index is 1.64. The average Bonchev–Trinajstić information content (AvgIpc) is 2.76. The van der Waals surface area contributed by atoms with Crippen molar-refractivity contribution in [3.8, 4) is 17.0 Å². The van der Waals surface area contributed by atoms with Crippen LogP contribution in [0.15, 0.2) is 77.3 Å². The largest absolute Gasteiger partial charge is 0.493 e. The van der Waals surface area contributed by atoms with E-state index >= 15 is 0 Å². The molecule has 0 saturated carbocycles. The van der Waals surface area contributed by atoms with E-state index in [1.807, 2.05) is 55.5 Å². The summed E-state index contributed by atoms with van der Waals surface area (Å²) in [7, 11) is 0. The van der Waals surface area contributed by atoms with Crippen LogP contribution in [0.1, 0.15) is 12.5 Å². The number of amides is 2. The molecule has 0 aliphatic carbocycles. The topological polar surface area (TPSA) is 63.2 Å². The molecule has 0 aliphatic rings. The molecule has 3 aromatic carbocycles. The number of pyridine rings is 1. The SMILES string of the molecule is CCOc1cc(-c2ccc(C)cc2)nc2ccc(NC(=O)Nc3ccccc3Br)cc12. The number of anilines is 2. The van der Waals surface area contributed by atoms with Crippen LogP contribution in [0.3, 0.4) is 0 Å². The molecule has 156 valence electrons. The van der Waals surface area contributed by atoms with Gasteiger partial charge in [-0.15, -0.1) is 0 Å². The first-order valence-corrected chi connectivity index (χ1v) is 10.8. The van der Waals surface area contributed by atoms with Crippen LogP contribution < -0.4 is 15.4 Å². The van der Waals surface area contributed by atoms with Crippen molar-refractivity contribution in [2.75, 3.05) is 17.2 Å². The zero-order valence-corrected chi connectivity index (χ0v) is 18.9. The van der Waals surface area contributed by atoms with Crippen molar-refractivity contribution in [1.82, 2.24) is 4.98 Å². The van der Waals surface area contributed by atoms with Gasteiger partial charge in [0.1, 0.15) is 5.75 Å². The van der Waals surface area contributed by atoms with Gasteiger partial charge in [-0.1, -0.05) is 42.0 Å². The predicted octanol–water partition coefficient (Wildman–Crippen LogP) is 7.02. The minimum Gasteiger partial charge on any atom is -0.493 e. The van der Waals surface area contributed by atoms with Crippen LogP contribution in [0.4, 0.5) is 16.2 Å². The quantitative estimate of drug-likeness (QED) is 0.326. The summed E-state index contributed by atoms with van der Waals surface area (Å²) in [6.45, 7) is 4.54. The van der Waals surface area contributed by atoms with Crippen molar-refractivity contribution < 1.29 is 9.53 Å². The molecule has 4 aromatic rings. The standard InChI is InChI=1S/C25H22BrN3O2/c1-3-31-24-15-23(17-10-8-16(2)9-11-17)28-21-13-12-18(14-19(21)24)27-25(30)29-22-7-5-4-6-20(22)26/h4-15H,3H2,1-2H3,(H2,27,29,30). The lowest BCUT2D eigenvalue weighted by Crippen LogP contribution is -2.19. The van der Waals surface area contributed by atoms with E-state index in [2.05, 4.69) is 57.8 Å². The molecule has 0 radical (unpaired) electrons. The molecule has 31 heavy (non-hydrogen) atoms. The highest BCUT2D eigenvalue weighted by atomic mass is 79.9. The van der Waals surface area contributed by atoms with Crippen molar-refractivity contribution in [3.05, 3.63) is 82.8 Å². The molecule has 0 bridgehead atoms. The maximum atomic E-state index is 12.5. The lowest BCUT2D eigenvalue weighted by molar-refractivity contribution is 0.262. The van der Waals surface area contributed by atoms with Crippen LogP contribution in [0.25, 0.3) is 22.2 Å². The van der Waals surface area contributed by atoms with E-state index in [9.17, 15) is 4.79 Å². The van der Waals surface area contributed by atoms with Gasteiger partial charge in [0.2, 0.25) is 0 Å². The molecule has 0 aliphatic heterocycles. The number of hydrogen-bond acceptors (Lipinski definition) is 3. The van der Waals surface area contributed by atoms with E-state index in [1.54, 1.807) is 0 Å². The fourth-order valence-corrected chi connectivity index (χ4v) is 3.65. The summed E-state index contributed by atoms with van der Waals surface area (Å²) in [6, 6.07) is 22.9.